The van der Waals surface area contributed by atoms with Crippen molar-refractivity contribution in [3.8, 4) is 12.3 Å². The van der Waals surface area contributed by atoms with Gasteiger partial charge in [-0.05, 0) is 61.7 Å². The molecule has 0 heterocycles. The summed E-state index contributed by atoms with van der Waals surface area (Å²) in [5.74, 6) is 5.15. The van der Waals surface area contributed by atoms with E-state index in [0.717, 1.165) is 51.4 Å². The number of carbonyl (C=O) groups excluding carboxylic acids is 1. The predicted molar refractivity (Wildman–Crippen MR) is 78.8 cm³/mol. The van der Waals surface area contributed by atoms with Gasteiger partial charge in [-0.3, -0.25) is 4.79 Å². The van der Waals surface area contributed by atoms with Gasteiger partial charge in [0.2, 0.25) is 0 Å². The van der Waals surface area contributed by atoms with E-state index in [2.05, 4.69) is 12.8 Å². The Balaban J connectivity index is 1.81. The molecule has 3 saturated carbocycles. The molecule has 0 aromatic heterocycles. The van der Waals surface area contributed by atoms with Gasteiger partial charge in [0.05, 0.1) is 6.10 Å². The first kappa shape index (κ1) is 14.1. The van der Waals surface area contributed by atoms with Crippen LogP contribution in [0.3, 0.4) is 0 Å². The first-order valence-corrected chi connectivity index (χ1v) is 8.22. The summed E-state index contributed by atoms with van der Waals surface area (Å²) in [6, 6.07) is 0. The second-order valence-electron chi connectivity index (χ2n) is 7.43. The Labute approximate surface area is 122 Å². The van der Waals surface area contributed by atoms with Gasteiger partial charge >= 0.3 is 0 Å². The highest BCUT2D eigenvalue weighted by Gasteiger charge is 2.56. The Hall–Kier alpha value is -0.810. The van der Waals surface area contributed by atoms with Gasteiger partial charge in [-0.25, -0.2) is 0 Å². The number of Topliss-reactive ketones (excluding diaryl/α,β-unsaturated/α-hetero) is 1. The summed E-state index contributed by atoms with van der Waals surface area (Å²) in [5.41, 5.74) is 0.109. The van der Waals surface area contributed by atoms with Crippen molar-refractivity contribution in [2.45, 2.75) is 64.4 Å². The summed E-state index contributed by atoms with van der Waals surface area (Å²) in [6.45, 7) is 2.28. The Morgan fingerprint density at radius 2 is 2.10 bits per heavy atom. The van der Waals surface area contributed by atoms with Crippen molar-refractivity contribution in [2.75, 3.05) is 0 Å². The number of aliphatic hydroxyl groups is 1. The molecule has 1 N–H and O–H groups in total. The number of fused-ring (bicyclic) bond motifs is 3. The van der Waals surface area contributed by atoms with Crippen LogP contribution in [0.25, 0.3) is 0 Å². The van der Waals surface area contributed by atoms with Crippen LogP contribution in [0.5, 0.6) is 0 Å². The zero-order chi connectivity index (χ0) is 14.3. The summed E-state index contributed by atoms with van der Waals surface area (Å²) < 4.78 is 0. The minimum absolute atomic E-state index is 0.109. The summed E-state index contributed by atoms with van der Waals surface area (Å²) in [7, 11) is 0. The zero-order valence-electron chi connectivity index (χ0n) is 12.5. The molecule has 2 heteroatoms. The number of hydrogen-bond donors (Lipinski definition) is 1. The third-order valence-electron chi connectivity index (χ3n) is 6.70. The average molecular weight is 274 g/mol. The first-order valence-electron chi connectivity index (χ1n) is 8.22. The highest BCUT2D eigenvalue weighted by Crippen LogP contribution is 2.60. The molecule has 0 amide bonds. The van der Waals surface area contributed by atoms with E-state index in [0.29, 0.717) is 23.5 Å². The van der Waals surface area contributed by atoms with Crippen LogP contribution in [0.1, 0.15) is 58.3 Å². The van der Waals surface area contributed by atoms with Crippen LogP contribution in [-0.2, 0) is 4.79 Å². The quantitative estimate of drug-likeness (QED) is 0.785. The van der Waals surface area contributed by atoms with E-state index in [1.807, 2.05) is 0 Å². The van der Waals surface area contributed by atoms with Gasteiger partial charge in [0, 0.05) is 18.8 Å². The van der Waals surface area contributed by atoms with E-state index in [1.165, 1.54) is 0 Å². The molecule has 0 aromatic rings. The molecular formula is C18H26O2. The molecule has 0 radical (unpaired) electrons. The second-order valence-corrected chi connectivity index (χ2v) is 7.43. The molecule has 3 aliphatic carbocycles. The van der Waals surface area contributed by atoms with Crippen LogP contribution in [-0.4, -0.2) is 17.0 Å². The van der Waals surface area contributed by atoms with E-state index in [9.17, 15) is 9.90 Å². The van der Waals surface area contributed by atoms with Crippen LogP contribution in [0.2, 0.25) is 0 Å². The van der Waals surface area contributed by atoms with E-state index in [4.69, 9.17) is 6.42 Å². The number of rotatable bonds is 2. The monoisotopic (exact) mass is 274 g/mol. The van der Waals surface area contributed by atoms with Gasteiger partial charge in [-0.15, -0.1) is 12.3 Å². The zero-order valence-corrected chi connectivity index (χ0v) is 12.5. The molecule has 3 fully saturated rings. The van der Waals surface area contributed by atoms with Gasteiger partial charge in [0.15, 0.2) is 0 Å². The SMILES string of the molecule is C#CCC[C@H]1C(=O)CC[C@@H]2[C@@H]1CC[C@]1(C)[C@@H](O)CC[C@@H]21. The number of terminal acetylenes is 1. The molecule has 20 heavy (non-hydrogen) atoms. The Morgan fingerprint density at radius 3 is 2.85 bits per heavy atom. The van der Waals surface area contributed by atoms with Crippen molar-refractivity contribution >= 4 is 5.78 Å². The molecule has 110 valence electrons. The topological polar surface area (TPSA) is 37.3 Å². The average Bonchev–Trinajstić information content (AvgIpc) is 2.74. The summed E-state index contributed by atoms with van der Waals surface area (Å²) >= 11 is 0. The Bertz CT molecular complexity index is 435. The summed E-state index contributed by atoms with van der Waals surface area (Å²) in [5, 5.41) is 10.3. The van der Waals surface area contributed by atoms with Crippen LogP contribution in [0, 0.1) is 41.4 Å². The van der Waals surface area contributed by atoms with Gasteiger partial charge < -0.3 is 5.11 Å². The molecule has 3 rings (SSSR count). The van der Waals surface area contributed by atoms with Gasteiger partial charge in [-0.1, -0.05) is 6.92 Å². The van der Waals surface area contributed by atoms with Crippen molar-refractivity contribution in [3.05, 3.63) is 0 Å². The van der Waals surface area contributed by atoms with Crippen LogP contribution < -0.4 is 0 Å². The van der Waals surface area contributed by atoms with Gasteiger partial charge in [-0.2, -0.15) is 0 Å². The van der Waals surface area contributed by atoms with Crippen molar-refractivity contribution in [3.63, 3.8) is 0 Å². The Morgan fingerprint density at radius 1 is 1.30 bits per heavy atom. The molecule has 3 aliphatic rings. The van der Waals surface area contributed by atoms with Crippen LogP contribution in [0.15, 0.2) is 0 Å². The standard InChI is InChI=1S/C18H26O2/c1-3-4-5-14-12-10-11-18(2)15(7-9-17(18)20)13(12)6-8-16(14)19/h1,12-15,17,20H,4-11H2,2H3/t12-,13+,14+,15-,17-,18-/m0/s1. The van der Waals surface area contributed by atoms with E-state index >= 15 is 0 Å². The van der Waals surface area contributed by atoms with Crippen molar-refractivity contribution in [2.24, 2.45) is 29.1 Å². The van der Waals surface area contributed by atoms with Crippen LogP contribution in [0.4, 0.5) is 0 Å². The van der Waals surface area contributed by atoms with Crippen molar-refractivity contribution < 1.29 is 9.90 Å². The third-order valence-corrected chi connectivity index (χ3v) is 6.70. The van der Waals surface area contributed by atoms with E-state index in [1.54, 1.807) is 0 Å². The minimum atomic E-state index is -0.129. The molecule has 0 saturated heterocycles. The number of hydrogen-bond acceptors (Lipinski definition) is 2. The molecule has 0 bridgehead atoms. The fraction of sp³-hybridized carbons (Fsp3) is 0.833. The first-order chi connectivity index (χ1) is 9.58. The minimum Gasteiger partial charge on any atom is -0.393 e. The lowest BCUT2D eigenvalue weighted by atomic mass is 9.53. The lowest BCUT2D eigenvalue weighted by Crippen LogP contribution is -2.48. The van der Waals surface area contributed by atoms with Crippen molar-refractivity contribution in [1.82, 2.24) is 0 Å². The summed E-state index contributed by atoms with van der Waals surface area (Å²) in [4.78, 5) is 12.3. The number of aliphatic hydroxyl groups excluding tert-OH is 1. The molecule has 0 aliphatic heterocycles. The molecule has 2 nitrogen and oxygen atoms in total. The maximum absolute atomic E-state index is 12.3. The smallest absolute Gasteiger partial charge is 0.136 e. The van der Waals surface area contributed by atoms with Gasteiger partial charge in [0.25, 0.3) is 0 Å². The second kappa shape index (κ2) is 5.19. The normalized spacial score (nSPS) is 47.5. The van der Waals surface area contributed by atoms with E-state index < -0.39 is 0 Å². The highest BCUT2D eigenvalue weighted by atomic mass is 16.3. The maximum Gasteiger partial charge on any atom is 0.136 e. The summed E-state index contributed by atoms with van der Waals surface area (Å²) in [6.07, 6.45) is 12.9. The predicted octanol–water partition coefficient (Wildman–Crippen LogP) is 3.18. The van der Waals surface area contributed by atoms with E-state index in [-0.39, 0.29) is 17.4 Å². The molecule has 0 unspecified atom stereocenters. The lowest BCUT2D eigenvalue weighted by Gasteiger charge is -2.51. The maximum atomic E-state index is 12.3. The van der Waals surface area contributed by atoms with Gasteiger partial charge in [0.1, 0.15) is 5.78 Å². The fourth-order valence-corrected chi connectivity index (χ4v) is 5.55. The largest absolute Gasteiger partial charge is 0.393 e. The highest BCUT2D eigenvalue weighted by molar-refractivity contribution is 5.82. The number of ketones is 1. The molecule has 0 aromatic carbocycles. The fourth-order valence-electron chi connectivity index (χ4n) is 5.55. The van der Waals surface area contributed by atoms with Crippen molar-refractivity contribution in [1.29, 1.82) is 0 Å². The third kappa shape index (κ3) is 2.02. The molecular weight excluding hydrogens is 248 g/mol. The van der Waals surface area contributed by atoms with Crippen LogP contribution >= 0.6 is 0 Å². The molecule has 6 atom stereocenters. The lowest BCUT2D eigenvalue weighted by molar-refractivity contribution is -0.135. The molecule has 0 spiro atoms. The Kier molecular flexibility index (Phi) is 3.67. The number of carbonyl (C=O) groups is 1.